The Bertz CT molecular complexity index is 1040. The van der Waals surface area contributed by atoms with E-state index in [1.54, 1.807) is 18.9 Å². The lowest BCUT2D eigenvalue weighted by molar-refractivity contribution is 0.411. The summed E-state index contributed by atoms with van der Waals surface area (Å²) in [6, 6.07) is 16.2. The summed E-state index contributed by atoms with van der Waals surface area (Å²) in [6.45, 7) is 2.97. The first kappa shape index (κ1) is 15.9. The predicted octanol–water partition coefficient (Wildman–Crippen LogP) is 4.30. The molecule has 0 fully saturated rings. The van der Waals surface area contributed by atoms with Crippen LogP contribution in [0.2, 0.25) is 0 Å². The molecule has 0 atom stereocenters. The summed E-state index contributed by atoms with van der Waals surface area (Å²) in [4.78, 5) is 4.77. The molecule has 0 radical (unpaired) electrons. The van der Waals surface area contributed by atoms with Crippen LogP contribution in [0.4, 0.5) is 0 Å². The molecule has 4 rings (SSSR count). The number of hydrogen-bond donors (Lipinski definition) is 0. The minimum Gasteiger partial charge on any atom is -0.496 e. The van der Waals surface area contributed by atoms with E-state index in [0.29, 0.717) is 5.16 Å². The first-order valence-corrected chi connectivity index (χ1v) is 9.16. The standard InChI is InChI=1S/C19H18N4OS/c1-3-23-15-10-6-5-9-14(15)17-18(23)20-19(22-21-17)25-12-13-8-4-7-11-16(13)24-2/h4-11H,3,12H2,1-2H3. The van der Waals surface area contributed by atoms with Crippen molar-refractivity contribution < 1.29 is 4.74 Å². The van der Waals surface area contributed by atoms with Crippen LogP contribution in [0.3, 0.4) is 0 Å². The van der Waals surface area contributed by atoms with Gasteiger partial charge >= 0.3 is 0 Å². The number of rotatable bonds is 5. The highest BCUT2D eigenvalue weighted by atomic mass is 32.2. The van der Waals surface area contributed by atoms with Gasteiger partial charge in [0.2, 0.25) is 5.16 Å². The topological polar surface area (TPSA) is 52.8 Å². The van der Waals surface area contributed by atoms with E-state index in [2.05, 4.69) is 39.9 Å². The van der Waals surface area contributed by atoms with Gasteiger partial charge in [0.1, 0.15) is 11.3 Å². The van der Waals surface area contributed by atoms with Gasteiger partial charge in [0, 0.05) is 23.2 Å². The zero-order chi connectivity index (χ0) is 17.2. The maximum absolute atomic E-state index is 5.41. The first-order chi connectivity index (χ1) is 12.3. The molecule has 0 aliphatic carbocycles. The number of thioether (sulfide) groups is 1. The molecule has 5 nitrogen and oxygen atoms in total. The molecule has 0 spiro atoms. The first-order valence-electron chi connectivity index (χ1n) is 8.18. The number of aromatic nitrogens is 4. The van der Waals surface area contributed by atoms with Gasteiger partial charge < -0.3 is 9.30 Å². The average molecular weight is 350 g/mol. The third-order valence-corrected chi connectivity index (χ3v) is 5.11. The monoisotopic (exact) mass is 350 g/mol. The summed E-state index contributed by atoms with van der Waals surface area (Å²) in [7, 11) is 1.69. The molecule has 0 unspecified atom stereocenters. The van der Waals surface area contributed by atoms with Gasteiger partial charge in [0.05, 0.1) is 12.6 Å². The lowest BCUT2D eigenvalue weighted by Crippen LogP contribution is -1.99. The highest BCUT2D eigenvalue weighted by Gasteiger charge is 2.14. The third-order valence-electron chi connectivity index (χ3n) is 4.22. The Hall–Kier alpha value is -2.60. The van der Waals surface area contributed by atoms with Crippen molar-refractivity contribution in [3.8, 4) is 5.75 Å². The Balaban J connectivity index is 1.70. The summed E-state index contributed by atoms with van der Waals surface area (Å²) < 4.78 is 7.59. The van der Waals surface area contributed by atoms with E-state index in [4.69, 9.17) is 9.72 Å². The van der Waals surface area contributed by atoms with Crippen molar-refractivity contribution in [3.05, 3.63) is 54.1 Å². The molecule has 2 heterocycles. The number of benzene rings is 2. The smallest absolute Gasteiger partial charge is 0.211 e. The van der Waals surface area contributed by atoms with Crippen LogP contribution < -0.4 is 4.74 Å². The summed E-state index contributed by atoms with van der Waals surface area (Å²) in [5.74, 6) is 1.62. The van der Waals surface area contributed by atoms with Gasteiger partial charge in [-0.3, -0.25) is 0 Å². The minimum absolute atomic E-state index is 0.677. The van der Waals surface area contributed by atoms with Crippen LogP contribution in [0.1, 0.15) is 12.5 Å². The normalized spacial score (nSPS) is 11.3. The van der Waals surface area contributed by atoms with E-state index in [0.717, 1.165) is 45.7 Å². The van der Waals surface area contributed by atoms with Gasteiger partial charge in [-0.15, -0.1) is 10.2 Å². The summed E-state index contributed by atoms with van der Waals surface area (Å²) in [5.41, 5.74) is 4.02. The van der Waals surface area contributed by atoms with E-state index >= 15 is 0 Å². The fourth-order valence-electron chi connectivity index (χ4n) is 3.04. The third kappa shape index (κ3) is 2.82. The predicted molar refractivity (Wildman–Crippen MR) is 101 cm³/mol. The molecule has 0 bridgehead atoms. The van der Waals surface area contributed by atoms with E-state index in [1.165, 1.54) is 0 Å². The maximum Gasteiger partial charge on any atom is 0.211 e. The summed E-state index contributed by atoms with van der Waals surface area (Å²) in [5, 5.41) is 10.5. The summed E-state index contributed by atoms with van der Waals surface area (Å²) >= 11 is 1.57. The molecule has 126 valence electrons. The number of fused-ring (bicyclic) bond motifs is 3. The van der Waals surface area contributed by atoms with Crippen molar-refractivity contribution >= 4 is 33.8 Å². The van der Waals surface area contributed by atoms with E-state index < -0.39 is 0 Å². The molecule has 2 aromatic heterocycles. The Morgan fingerprint density at radius 2 is 1.84 bits per heavy atom. The van der Waals surface area contributed by atoms with Crippen molar-refractivity contribution in [3.63, 3.8) is 0 Å². The maximum atomic E-state index is 5.41. The largest absolute Gasteiger partial charge is 0.496 e. The Morgan fingerprint density at radius 1 is 1.04 bits per heavy atom. The zero-order valence-corrected chi connectivity index (χ0v) is 15.0. The van der Waals surface area contributed by atoms with Crippen LogP contribution in [0.15, 0.2) is 53.7 Å². The van der Waals surface area contributed by atoms with Crippen molar-refractivity contribution in [1.82, 2.24) is 19.7 Å². The van der Waals surface area contributed by atoms with Crippen LogP contribution >= 0.6 is 11.8 Å². The molecule has 0 aliphatic rings. The number of hydrogen-bond acceptors (Lipinski definition) is 5. The van der Waals surface area contributed by atoms with Crippen molar-refractivity contribution in [2.75, 3.05) is 7.11 Å². The lowest BCUT2D eigenvalue weighted by atomic mass is 10.2. The second-order valence-electron chi connectivity index (χ2n) is 5.63. The van der Waals surface area contributed by atoms with E-state index in [9.17, 15) is 0 Å². The molecule has 4 aromatic rings. The molecule has 2 aromatic carbocycles. The number of nitrogens with zero attached hydrogens (tertiary/aromatic N) is 4. The molecule has 25 heavy (non-hydrogen) atoms. The highest BCUT2D eigenvalue weighted by Crippen LogP contribution is 2.29. The van der Waals surface area contributed by atoms with Gasteiger partial charge in [0.25, 0.3) is 0 Å². The zero-order valence-electron chi connectivity index (χ0n) is 14.1. The van der Waals surface area contributed by atoms with Crippen LogP contribution in [0, 0.1) is 0 Å². The lowest BCUT2D eigenvalue weighted by Gasteiger charge is -2.07. The second-order valence-corrected chi connectivity index (χ2v) is 6.57. The SMILES string of the molecule is CCn1c2ccccc2c2nnc(SCc3ccccc3OC)nc21. The second kappa shape index (κ2) is 6.72. The Kier molecular flexibility index (Phi) is 4.28. The van der Waals surface area contributed by atoms with E-state index in [1.807, 2.05) is 30.3 Å². The summed E-state index contributed by atoms with van der Waals surface area (Å²) in [6.07, 6.45) is 0. The van der Waals surface area contributed by atoms with Crippen molar-refractivity contribution in [1.29, 1.82) is 0 Å². The van der Waals surface area contributed by atoms with Gasteiger partial charge in [-0.05, 0) is 19.1 Å². The van der Waals surface area contributed by atoms with Crippen LogP contribution in [0.25, 0.3) is 22.1 Å². The van der Waals surface area contributed by atoms with Gasteiger partial charge in [-0.25, -0.2) is 4.98 Å². The molecular weight excluding hydrogens is 332 g/mol. The molecule has 0 N–H and O–H groups in total. The Morgan fingerprint density at radius 3 is 2.68 bits per heavy atom. The van der Waals surface area contributed by atoms with Crippen LogP contribution in [-0.2, 0) is 12.3 Å². The van der Waals surface area contributed by atoms with Crippen LogP contribution in [-0.4, -0.2) is 26.9 Å². The fraction of sp³-hybridized carbons (Fsp3) is 0.211. The molecule has 0 saturated heterocycles. The minimum atomic E-state index is 0.677. The number of aryl methyl sites for hydroxylation is 1. The highest BCUT2D eigenvalue weighted by molar-refractivity contribution is 7.98. The molecule has 0 aliphatic heterocycles. The fourth-order valence-corrected chi connectivity index (χ4v) is 3.81. The Labute approximate surface area is 150 Å². The van der Waals surface area contributed by atoms with Crippen molar-refractivity contribution in [2.24, 2.45) is 0 Å². The quantitative estimate of drug-likeness (QED) is 0.502. The molecule has 6 heteroatoms. The number of methoxy groups -OCH3 is 1. The van der Waals surface area contributed by atoms with Crippen LogP contribution in [0.5, 0.6) is 5.75 Å². The molecule has 0 amide bonds. The van der Waals surface area contributed by atoms with Crippen molar-refractivity contribution in [2.45, 2.75) is 24.4 Å². The molecule has 0 saturated carbocycles. The van der Waals surface area contributed by atoms with E-state index in [-0.39, 0.29) is 0 Å². The number of para-hydroxylation sites is 2. The molecular formula is C19H18N4OS. The van der Waals surface area contributed by atoms with Gasteiger partial charge in [0.15, 0.2) is 5.65 Å². The van der Waals surface area contributed by atoms with Gasteiger partial charge in [-0.2, -0.15) is 0 Å². The average Bonchev–Trinajstić information content (AvgIpc) is 2.99. The van der Waals surface area contributed by atoms with Gasteiger partial charge in [-0.1, -0.05) is 48.2 Å². The number of ether oxygens (including phenoxy) is 1.